The van der Waals surface area contributed by atoms with Crippen LogP contribution in [-0.2, 0) is 4.74 Å². The van der Waals surface area contributed by atoms with E-state index in [4.69, 9.17) is 27.3 Å². The van der Waals surface area contributed by atoms with Crippen molar-refractivity contribution >= 4 is 23.4 Å². The molecule has 2 rings (SSSR count). The first-order chi connectivity index (χ1) is 9.97. The molecule has 5 unspecified atom stereocenters. The van der Waals surface area contributed by atoms with Gasteiger partial charge >= 0.3 is 0 Å². The highest BCUT2D eigenvalue weighted by atomic mass is 35.5. The van der Waals surface area contributed by atoms with Crippen LogP contribution < -0.4 is 5.73 Å². The molecular weight excluding hydrogens is 318 g/mol. The summed E-state index contributed by atoms with van der Waals surface area (Å²) in [6.07, 6.45) is -1.90. The summed E-state index contributed by atoms with van der Waals surface area (Å²) < 4.78 is 5.43. The minimum atomic E-state index is -1.17. The third-order valence-corrected chi connectivity index (χ3v) is 4.50. The van der Waals surface area contributed by atoms with Crippen LogP contribution in [0, 0.1) is 11.3 Å². The number of hydrogen-bond donors (Lipinski definition) is 4. The molecule has 5 atom stereocenters. The molecule has 9 heteroatoms. The maximum atomic E-state index is 10.1. The van der Waals surface area contributed by atoms with Crippen molar-refractivity contribution in [3.63, 3.8) is 0 Å². The topological polar surface area (TPSA) is 133 Å². The van der Waals surface area contributed by atoms with Crippen LogP contribution in [0.2, 0.25) is 5.02 Å². The summed E-state index contributed by atoms with van der Waals surface area (Å²) in [7, 11) is 0. The number of aliphatic hydroxyl groups excluding tert-OH is 3. The predicted molar refractivity (Wildman–Crippen MR) is 75.6 cm³/mol. The minimum absolute atomic E-state index is 0.139. The lowest BCUT2D eigenvalue weighted by atomic mass is 9.98. The lowest BCUT2D eigenvalue weighted by molar-refractivity contribution is -0.160. The first-order valence-corrected chi connectivity index (χ1v) is 7.34. The first kappa shape index (κ1) is 16.5. The molecule has 0 saturated carbocycles. The Morgan fingerprint density at radius 3 is 2.81 bits per heavy atom. The summed E-state index contributed by atoms with van der Waals surface area (Å²) >= 11 is 6.86. The van der Waals surface area contributed by atoms with Crippen molar-refractivity contribution in [2.45, 2.75) is 34.7 Å². The third-order valence-electron chi connectivity index (χ3n) is 3.11. The fourth-order valence-electron chi connectivity index (χ4n) is 1.93. The fraction of sp³-hybridized carbons (Fsp3) is 0.500. The quantitative estimate of drug-likeness (QED) is 0.580. The normalized spacial score (nSPS) is 32.7. The molecule has 0 bridgehead atoms. The van der Waals surface area contributed by atoms with E-state index >= 15 is 0 Å². The summed E-state index contributed by atoms with van der Waals surface area (Å²) in [6.45, 7) is -0.433. The predicted octanol–water partition coefficient (Wildman–Crippen LogP) is -0.535. The summed E-state index contributed by atoms with van der Waals surface area (Å²) in [5.74, 6) is 0. The zero-order valence-corrected chi connectivity index (χ0v) is 12.3. The van der Waals surface area contributed by atoms with E-state index in [-0.39, 0.29) is 5.69 Å². The van der Waals surface area contributed by atoms with E-state index in [2.05, 4.69) is 4.98 Å². The number of aliphatic hydroxyl groups is 3. The number of nitrogens with two attached hydrogens (primary N) is 1. The highest BCUT2D eigenvalue weighted by Crippen LogP contribution is 2.34. The summed E-state index contributed by atoms with van der Waals surface area (Å²) in [4.78, 5) is 4.30. The van der Waals surface area contributed by atoms with Crippen LogP contribution in [0.5, 0.6) is 0 Å². The molecule has 0 aromatic carbocycles. The molecule has 0 aliphatic carbocycles. The van der Waals surface area contributed by atoms with Crippen LogP contribution in [0.4, 0.5) is 0 Å². The number of aromatic nitrogens is 1. The van der Waals surface area contributed by atoms with Gasteiger partial charge < -0.3 is 25.8 Å². The molecule has 1 aromatic rings. The average molecular weight is 332 g/mol. The molecule has 1 aromatic heterocycles. The standard InChI is InChI=1S/C12H14ClN3O4S/c13-5-1-8(6(2-14)16-3-5)21-12-11(19)9(15)10(18)7(4-17)20-12/h1,3,7,9-12,17-19H,4,15H2. The Balaban J connectivity index is 2.22. The van der Waals surface area contributed by atoms with Crippen LogP contribution in [0.3, 0.4) is 0 Å². The second-order valence-electron chi connectivity index (χ2n) is 4.51. The Hall–Kier alpha value is -0.920. The maximum absolute atomic E-state index is 10.1. The maximum Gasteiger partial charge on any atom is 0.154 e. The van der Waals surface area contributed by atoms with Crippen LogP contribution in [-0.4, -0.2) is 56.7 Å². The Kier molecular flexibility index (Phi) is 5.40. The molecule has 114 valence electrons. The van der Waals surface area contributed by atoms with Gasteiger partial charge in [-0.25, -0.2) is 4.98 Å². The van der Waals surface area contributed by atoms with E-state index in [1.54, 1.807) is 0 Å². The SMILES string of the molecule is N#Cc1ncc(Cl)cc1SC1OC(CO)C(O)C(N)C1O. The van der Waals surface area contributed by atoms with Gasteiger partial charge in [-0.3, -0.25) is 0 Å². The van der Waals surface area contributed by atoms with Gasteiger partial charge in [-0.2, -0.15) is 5.26 Å². The number of pyridine rings is 1. The number of nitriles is 1. The van der Waals surface area contributed by atoms with Crippen LogP contribution >= 0.6 is 23.4 Å². The van der Waals surface area contributed by atoms with E-state index in [0.717, 1.165) is 11.8 Å². The Labute approximate surface area is 130 Å². The monoisotopic (exact) mass is 331 g/mol. The smallest absolute Gasteiger partial charge is 0.154 e. The molecule has 7 nitrogen and oxygen atoms in total. The number of rotatable bonds is 3. The molecule has 0 amide bonds. The van der Waals surface area contributed by atoms with Crippen molar-refractivity contribution in [3.05, 3.63) is 23.0 Å². The number of halogens is 1. The average Bonchev–Trinajstić information content (AvgIpc) is 2.48. The van der Waals surface area contributed by atoms with Crippen molar-refractivity contribution in [2.75, 3.05) is 6.61 Å². The zero-order valence-electron chi connectivity index (χ0n) is 10.8. The third kappa shape index (κ3) is 3.46. The molecule has 1 fully saturated rings. The van der Waals surface area contributed by atoms with E-state index in [1.807, 2.05) is 6.07 Å². The molecule has 1 saturated heterocycles. The van der Waals surface area contributed by atoms with Gasteiger partial charge in [0, 0.05) is 11.1 Å². The number of hydrogen-bond acceptors (Lipinski definition) is 8. The Bertz CT molecular complexity index is 554. The minimum Gasteiger partial charge on any atom is -0.394 e. The van der Waals surface area contributed by atoms with E-state index in [0.29, 0.717) is 9.92 Å². The van der Waals surface area contributed by atoms with Crippen molar-refractivity contribution in [2.24, 2.45) is 5.73 Å². The number of nitrogens with zero attached hydrogens (tertiary/aromatic N) is 2. The number of thioether (sulfide) groups is 1. The van der Waals surface area contributed by atoms with E-state index in [9.17, 15) is 15.3 Å². The Morgan fingerprint density at radius 1 is 1.48 bits per heavy atom. The lowest BCUT2D eigenvalue weighted by Gasteiger charge is -2.40. The second kappa shape index (κ2) is 6.89. The van der Waals surface area contributed by atoms with Gasteiger partial charge in [0.2, 0.25) is 0 Å². The molecule has 2 heterocycles. The largest absolute Gasteiger partial charge is 0.394 e. The summed E-state index contributed by atoms with van der Waals surface area (Å²) in [5, 5.41) is 38.4. The second-order valence-corrected chi connectivity index (χ2v) is 6.09. The van der Waals surface area contributed by atoms with E-state index < -0.39 is 36.4 Å². The van der Waals surface area contributed by atoms with Crippen molar-refractivity contribution in [3.8, 4) is 6.07 Å². The molecule has 1 aliphatic heterocycles. The van der Waals surface area contributed by atoms with E-state index in [1.165, 1.54) is 12.3 Å². The van der Waals surface area contributed by atoms with Gasteiger partial charge in [0.05, 0.1) is 17.7 Å². The van der Waals surface area contributed by atoms with Gasteiger partial charge in [-0.05, 0) is 6.07 Å². The molecule has 1 aliphatic rings. The van der Waals surface area contributed by atoms with Crippen LogP contribution in [0.25, 0.3) is 0 Å². The highest BCUT2D eigenvalue weighted by Gasteiger charge is 2.43. The van der Waals surface area contributed by atoms with Gasteiger partial charge in [-0.15, -0.1) is 0 Å². The van der Waals surface area contributed by atoms with Crippen molar-refractivity contribution < 1.29 is 20.1 Å². The molecular formula is C12H14ClN3O4S. The highest BCUT2D eigenvalue weighted by molar-refractivity contribution is 7.99. The van der Waals surface area contributed by atoms with Gasteiger partial charge in [0.15, 0.2) is 5.69 Å². The van der Waals surface area contributed by atoms with Crippen LogP contribution in [0.15, 0.2) is 17.2 Å². The molecule has 5 N–H and O–H groups in total. The van der Waals surface area contributed by atoms with Gasteiger partial charge in [0.25, 0.3) is 0 Å². The first-order valence-electron chi connectivity index (χ1n) is 6.08. The summed E-state index contributed by atoms with van der Waals surface area (Å²) in [5.41, 5.74) is 5.01. The number of ether oxygens (including phenoxy) is 1. The fourth-order valence-corrected chi connectivity index (χ4v) is 3.33. The molecule has 0 radical (unpaired) electrons. The molecule has 21 heavy (non-hydrogen) atoms. The lowest BCUT2D eigenvalue weighted by Crippen LogP contribution is -2.61. The molecule has 0 spiro atoms. The van der Waals surface area contributed by atoms with Gasteiger partial charge in [0.1, 0.15) is 29.8 Å². The van der Waals surface area contributed by atoms with Crippen molar-refractivity contribution in [1.29, 1.82) is 5.26 Å². The van der Waals surface area contributed by atoms with Crippen LogP contribution in [0.1, 0.15) is 5.69 Å². The Morgan fingerprint density at radius 2 is 2.19 bits per heavy atom. The summed E-state index contributed by atoms with van der Waals surface area (Å²) in [6, 6.07) is 2.47. The van der Waals surface area contributed by atoms with Crippen molar-refractivity contribution in [1.82, 2.24) is 4.98 Å². The zero-order chi connectivity index (χ0) is 15.6. The van der Waals surface area contributed by atoms with Gasteiger partial charge in [-0.1, -0.05) is 23.4 Å².